The Hall–Kier alpha value is -4.24. The van der Waals surface area contributed by atoms with Crippen molar-refractivity contribution >= 4 is 40.0 Å². The lowest BCUT2D eigenvalue weighted by Gasteiger charge is -2.36. The standard InChI is InChI=1S/C30H27ClFN5O3/c31-21-5-1-4-20(13-21)30(40)36-11-9-35(10-12-36)27-15-26-23(14-25(27)32)28(38)24(18-37(26)22-6-7-22)29(39)34-17-19-3-2-8-33-16-19/h1-5,8,13-16,18,22H,6-7,9-12,17H2,(H,34,39). The highest BCUT2D eigenvalue weighted by molar-refractivity contribution is 6.31. The fourth-order valence-electron chi connectivity index (χ4n) is 5.15. The summed E-state index contributed by atoms with van der Waals surface area (Å²) in [5.41, 5.74) is 1.80. The number of halogens is 2. The Morgan fingerprint density at radius 2 is 1.85 bits per heavy atom. The number of hydrogen-bond donors (Lipinski definition) is 1. The number of nitrogens with one attached hydrogen (secondary N) is 1. The Bertz CT molecular complexity index is 1660. The molecule has 2 aliphatic rings. The van der Waals surface area contributed by atoms with Crippen molar-refractivity contribution in [1.82, 2.24) is 19.8 Å². The molecular formula is C30H27ClFN5O3. The van der Waals surface area contributed by atoms with Gasteiger partial charge in [0, 0.05) is 73.3 Å². The number of anilines is 1. The zero-order valence-corrected chi connectivity index (χ0v) is 22.4. The van der Waals surface area contributed by atoms with Crippen LogP contribution in [-0.4, -0.2) is 52.4 Å². The molecule has 204 valence electrons. The minimum Gasteiger partial charge on any atom is -0.366 e. The number of piperazine rings is 1. The van der Waals surface area contributed by atoms with Crippen LogP contribution in [0.1, 0.15) is 45.2 Å². The third kappa shape index (κ3) is 5.16. The maximum absolute atomic E-state index is 15.5. The summed E-state index contributed by atoms with van der Waals surface area (Å²) in [7, 11) is 0. The van der Waals surface area contributed by atoms with E-state index in [2.05, 4.69) is 10.3 Å². The first-order chi connectivity index (χ1) is 19.4. The molecule has 2 aromatic carbocycles. The van der Waals surface area contributed by atoms with Gasteiger partial charge in [-0.1, -0.05) is 23.7 Å². The maximum atomic E-state index is 15.5. The number of pyridine rings is 2. The predicted octanol–water partition coefficient (Wildman–Crippen LogP) is 4.42. The van der Waals surface area contributed by atoms with Crippen LogP contribution in [-0.2, 0) is 6.54 Å². The van der Waals surface area contributed by atoms with Crippen molar-refractivity contribution in [2.45, 2.75) is 25.4 Å². The van der Waals surface area contributed by atoms with Crippen molar-refractivity contribution in [3.63, 3.8) is 0 Å². The molecule has 8 nitrogen and oxygen atoms in total. The number of amides is 2. The zero-order valence-electron chi connectivity index (χ0n) is 21.6. The number of carbonyl (C=O) groups excluding carboxylic acids is 2. The third-order valence-corrected chi connectivity index (χ3v) is 7.68. The highest BCUT2D eigenvalue weighted by Crippen LogP contribution is 2.38. The highest BCUT2D eigenvalue weighted by atomic mass is 35.5. The molecule has 0 atom stereocenters. The van der Waals surface area contributed by atoms with Gasteiger partial charge in [-0.2, -0.15) is 0 Å². The van der Waals surface area contributed by atoms with E-state index in [4.69, 9.17) is 11.6 Å². The summed E-state index contributed by atoms with van der Waals surface area (Å²) in [6.07, 6.45) is 6.74. The monoisotopic (exact) mass is 559 g/mol. The number of hydrogen-bond acceptors (Lipinski definition) is 5. The van der Waals surface area contributed by atoms with Crippen LogP contribution in [0.15, 0.2) is 71.9 Å². The topological polar surface area (TPSA) is 87.5 Å². The molecule has 1 saturated heterocycles. The summed E-state index contributed by atoms with van der Waals surface area (Å²) in [6, 6.07) is 13.5. The molecule has 6 rings (SSSR count). The van der Waals surface area contributed by atoms with Crippen molar-refractivity contribution in [2.24, 2.45) is 0 Å². The van der Waals surface area contributed by atoms with Gasteiger partial charge < -0.3 is 19.7 Å². The summed E-state index contributed by atoms with van der Waals surface area (Å²) in [5.74, 6) is -1.15. The first-order valence-corrected chi connectivity index (χ1v) is 13.6. The molecule has 0 spiro atoms. The van der Waals surface area contributed by atoms with Gasteiger partial charge in [-0.25, -0.2) is 4.39 Å². The van der Waals surface area contributed by atoms with Crippen molar-refractivity contribution in [3.05, 3.63) is 105 Å². The molecule has 0 bridgehead atoms. The van der Waals surface area contributed by atoms with E-state index in [9.17, 15) is 14.4 Å². The smallest absolute Gasteiger partial charge is 0.257 e. The lowest BCUT2D eigenvalue weighted by Crippen LogP contribution is -2.49. The number of rotatable bonds is 6. The van der Waals surface area contributed by atoms with E-state index >= 15 is 4.39 Å². The Morgan fingerprint density at radius 1 is 1.05 bits per heavy atom. The molecule has 40 heavy (non-hydrogen) atoms. The molecule has 1 N–H and O–H groups in total. The third-order valence-electron chi connectivity index (χ3n) is 7.44. The van der Waals surface area contributed by atoms with Crippen molar-refractivity contribution in [2.75, 3.05) is 31.1 Å². The number of benzene rings is 2. The van der Waals surface area contributed by atoms with Crippen LogP contribution in [0.3, 0.4) is 0 Å². The molecule has 0 radical (unpaired) electrons. The molecule has 2 fully saturated rings. The van der Waals surface area contributed by atoms with Crippen LogP contribution in [0.25, 0.3) is 10.9 Å². The number of fused-ring (bicyclic) bond motifs is 1. The van der Waals surface area contributed by atoms with Gasteiger partial charge in [0.05, 0.1) is 11.2 Å². The lowest BCUT2D eigenvalue weighted by atomic mass is 10.1. The first kappa shape index (κ1) is 26.0. The minimum atomic E-state index is -0.533. The van der Waals surface area contributed by atoms with Gasteiger partial charge in [0.25, 0.3) is 11.8 Å². The quantitative estimate of drug-likeness (QED) is 0.378. The van der Waals surface area contributed by atoms with E-state index in [1.807, 2.05) is 15.5 Å². The van der Waals surface area contributed by atoms with Crippen molar-refractivity contribution < 1.29 is 14.0 Å². The average Bonchev–Trinajstić information content (AvgIpc) is 3.82. The van der Waals surface area contributed by atoms with Crippen LogP contribution >= 0.6 is 11.6 Å². The van der Waals surface area contributed by atoms with E-state index in [0.717, 1.165) is 18.4 Å². The lowest BCUT2D eigenvalue weighted by molar-refractivity contribution is 0.0746. The Labute approximate surface area is 235 Å². The largest absolute Gasteiger partial charge is 0.366 e. The predicted molar refractivity (Wildman–Crippen MR) is 151 cm³/mol. The van der Waals surface area contributed by atoms with Crippen LogP contribution in [0, 0.1) is 5.82 Å². The minimum absolute atomic E-state index is 0.0106. The fourth-order valence-corrected chi connectivity index (χ4v) is 5.34. The average molecular weight is 560 g/mol. The Morgan fingerprint density at radius 3 is 2.55 bits per heavy atom. The van der Waals surface area contributed by atoms with E-state index < -0.39 is 17.2 Å². The summed E-state index contributed by atoms with van der Waals surface area (Å²) >= 11 is 6.05. The number of aromatic nitrogens is 2. The van der Waals surface area contributed by atoms with Gasteiger partial charge in [0.2, 0.25) is 5.43 Å². The van der Waals surface area contributed by atoms with Gasteiger partial charge in [-0.3, -0.25) is 19.4 Å². The Kier molecular flexibility index (Phi) is 6.98. The van der Waals surface area contributed by atoms with Gasteiger partial charge >= 0.3 is 0 Å². The highest BCUT2D eigenvalue weighted by Gasteiger charge is 2.29. The zero-order chi connectivity index (χ0) is 27.8. The van der Waals surface area contributed by atoms with E-state index in [1.54, 1.807) is 59.9 Å². The summed E-state index contributed by atoms with van der Waals surface area (Å²) in [4.78, 5) is 47.0. The van der Waals surface area contributed by atoms with Gasteiger partial charge in [-0.05, 0) is 54.8 Å². The van der Waals surface area contributed by atoms with Gasteiger partial charge in [0.1, 0.15) is 11.4 Å². The maximum Gasteiger partial charge on any atom is 0.257 e. The molecular weight excluding hydrogens is 533 g/mol. The van der Waals surface area contributed by atoms with E-state index in [-0.39, 0.29) is 29.4 Å². The van der Waals surface area contributed by atoms with E-state index in [0.29, 0.717) is 48.0 Å². The molecule has 2 amide bonds. The normalized spacial score (nSPS) is 15.3. The van der Waals surface area contributed by atoms with Crippen LogP contribution in [0.2, 0.25) is 5.02 Å². The second-order valence-electron chi connectivity index (χ2n) is 10.2. The first-order valence-electron chi connectivity index (χ1n) is 13.2. The summed E-state index contributed by atoms with van der Waals surface area (Å²) < 4.78 is 17.4. The molecule has 1 saturated carbocycles. The molecule has 1 aliphatic carbocycles. The SMILES string of the molecule is O=C(NCc1cccnc1)c1cn(C2CC2)c2cc(N3CCN(C(=O)c4cccc(Cl)c4)CC3)c(F)cc2c1=O. The van der Waals surface area contributed by atoms with Crippen LogP contribution in [0.4, 0.5) is 10.1 Å². The van der Waals surface area contributed by atoms with Crippen LogP contribution in [0.5, 0.6) is 0 Å². The second-order valence-corrected chi connectivity index (χ2v) is 10.6. The van der Waals surface area contributed by atoms with Crippen molar-refractivity contribution in [3.8, 4) is 0 Å². The van der Waals surface area contributed by atoms with Gasteiger partial charge in [0.15, 0.2) is 0 Å². The Balaban J connectivity index is 1.25. The van der Waals surface area contributed by atoms with E-state index in [1.165, 1.54) is 6.07 Å². The summed E-state index contributed by atoms with van der Waals surface area (Å²) in [6.45, 7) is 1.96. The summed E-state index contributed by atoms with van der Waals surface area (Å²) in [5, 5.41) is 3.46. The molecule has 10 heteroatoms. The van der Waals surface area contributed by atoms with Crippen molar-refractivity contribution in [1.29, 1.82) is 0 Å². The second kappa shape index (κ2) is 10.7. The van der Waals surface area contributed by atoms with Gasteiger partial charge in [-0.15, -0.1) is 0 Å². The fraction of sp³-hybridized carbons (Fsp3) is 0.267. The molecule has 4 aromatic rings. The molecule has 0 unspecified atom stereocenters. The number of carbonyl (C=O) groups is 2. The molecule has 3 heterocycles. The van der Waals surface area contributed by atoms with Crippen LogP contribution < -0.4 is 15.6 Å². The molecule has 1 aliphatic heterocycles. The number of nitrogens with zero attached hydrogens (tertiary/aromatic N) is 4. The molecule has 2 aromatic heterocycles.